The minimum absolute atomic E-state index is 0.0192. The van der Waals surface area contributed by atoms with Gasteiger partial charge in [-0.1, -0.05) is 36.4 Å². The molecular formula is C23H27N5O4. The Balaban J connectivity index is 1.51. The van der Waals surface area contributed by atoms with Crippen LogP contribution in [0.5, 0.6) is 5.75 Å². The van der Waals surface area contributed by atoms with E-state index in [1.54, 1.807) is 22.9 Å². The van der Waals surface area contributed by atoms with Gasteiger partial charge in [0.05, 0.1) is 30.9 Å². The number of amides is 1. The number of ether oxygens (including phenoxy) is 2. The molecule has 1 aromatic heterocycles. The third-order valence-corrected chi connectivity index (χ3v) is 5.56. The highest BCUT2D eigenvalue weighted by Gasteiger charge is 2.27. The van der Waals surface area contributed by atoms with Crippen LogP contribution in [-0.4, -0.2) is 41.1 Å². The number of methoxy groups -OCH3 is 1. The van der Waals surface area contributed by atoms with Crippen LogP contribution in [0.4, 0.5) is 5.82 Å². The van der Waals surface area contributed by atoms with Crippen molar-refractivity contribution in [2.75, 3.05) is 26.1 Å². The van der Waals surface area contributed by atoms with Gasteiger partial charge in [0, 0.05) is 18.7 Å². The van der Waals surface area contributed by atoms with Crippen LogP contribution in [-0.2, 0) is 11.3 Å². The molecule has 2 atom stereocenters. The fraction of sp³-hybridized carbons (Fsp3) is 0.304. The first kappa shape index (κ1) is 21.8. The van der Waals surface area contributed by atoms with E-state index in [0.717, 1.165) is 17.5 Å². The SMILES string of the molecule is COc1ccccc1C(=O)NCc1ccc(-c2nn(C3CCOC3)c(N)c2C(N)O)cc1. The fourth-order valence-corrected chi connectivity index (χ4v) is 3.85. The molecule has 32 heavy (non-hydrogen) atoms. The van der Waals surface area contributed by atoms with Crippen LogP contribution in [0.1, 0.15) is 40.2 Å². The Morgan fingerprint density at radius 1 is 1.31 bits per heavy atom. The summed E-state index contributed by atoms with van der Waals surface area (Å²) >= 11 is 0. The van der Waals surface area contributed by atoms with E-state index in [9.17, 15) is 9.90 Å². The number of nitrogens with zero attached hydrogens (tertiary/aromatic N) is 2. The minimum Gasteiger partial charge on any atom is -0.496 e. The zero-order valence-electron chi connectivity index (χ0n) is 17.8. The predicted octanol–water partition coefficient (Wildman–Crippen LogP) is 1.98. The third-order valence-electron chi connectivity index (χ3n) is 5.56. The molecule has 1 fully saturated rings. The lowest BCUT2D eigenvalue weighted by atomic mass is 10.0. The lowest BCUT2D eigenvalue weighted by Gasteiger charge is -2.11. The first-order valence-corrected chi connectivity index (χ1v) is 10.4. The Labute approximate surface area is 185 Å². The van der Waals surface area contributed by atoms with Gasteiger partial charge in [0.2, 0.25) is 0 Å². The molecule has 168 valence electrons. The lowest BCUT2D eigenvalue weighted by Crippen LogP contribution is -2.23. The molecule has 6 N–H and O–H groups in total. The lowest BCUT2D eigenvalue weighted by molar-refractivity contribution is 0.0948. The van der Waals surface area contributed by atoms with E-state index < -0.39 is 6.23 Å². The number of nitrogen functional groups attached to an aromatic ring is 1. The van der Waals surface area contributed by atoms with Gasteiger partial charge in [-0.3, -0.25) is 4.79 Å². The predicted molar refractivity (Wildman–Crippen MR) is 120 cm³/mol. The van der Waals surface area contributed by atoms with E-state index in [1.165, 1.54) is 7.11 Å². The quantitative estimate of drug-likeness (QED) is 0.415. The second-order valence-electron chi connectivity index (χ2n) is 7.63. The number of para-hydroxylation sites is 1. The Kier molecular flexibility index (Phi) is 6.40. The number of aliphatic hydroxyl groups excluding tert-OH is 1. The van der Waals surface area contributed by atoms with Crippen LogP contribution in [0.2, 0.25) is 0 Å². The number of hydrogen-bond acceptors (Lipinski definition) is 7. The van der Waals surface area contributed by atoms with Crippen molar-refractivity contribution in [1.29, 1.82) is 0 Å². The summed E-state index contributed by atoms with van der Waals surface area (Å²) < 4.78 is 12.4. The molecule has 3 aromatic rings. The van der Waals surface area contributed by atoms with Crippen molar-refractivity contribution < 1.29 is 19.4 Å². The Morgan fingerprint density at radius 3 is 2.72 bits per heavy atom. The molecule has 2 unspecified atom stereocenters. The molecule has 1 aliphatic heterocycles. The first-order valence-electron chi connectivity index (χ1n) is 10.4. The molecule has 0 spiro atoms. The van der Waals surface area contributed by atoms with Gasteiger partial charge >= 0.3 is 0 Å². The summed E-state index contributed by atoms with van der Waals surface area (Å²) in [6.07, 6.45) is -0.447. The van der Waals surface area contributed by atoms with Crippen molar-refractivity contribution in [1.82, 2.24) is 15.1 Å². The summed E-state index contributed by atoms with van der Waals surface area (Å²) in [6, 6.07) is 14.6. The van der Waals surface area contributed by atoms with Gasteiger partial charge in [-0.25, -0.2) is 4.68 Å². The summed E-state index contributed by atoms with van der Waals surface area (Å²) in [5.74, 6) is 0.651. The third kappa shape index (κ3) is 4.31. The Bertz CT molecular complexity index is 1090. The molecule has 1 aliphatic rings. The van der Waals surface area contributed by atoms with Crippen LogP contribution in [0.3, 0.4) is 0 Å². The summed E-state index contributed by atoms with van der Waals surface area (Å²) in [5, 5.41) is 17.6. The van der Waals surface area contributed by atoms with Crippen LogP contribution in [0.25, 0.3) is 11.3 Å². The van der Waals surface area contributed by atoms with Gasteiger partial charge in [0.25, 0.3) is 5.91 Å². The van der Waals surface area contributed by atoms with Crippen molar-refractivity contribution in [2.24, 2.45) is 5.73 Å². The Morgan fingerprint density at radius 2 is 2.06 bits per heavy atom. The molecule has 9 heteroatoms. The van der Waals surface area contributed by atoms with Crippen LogP contribution in [0.15, 0.2) is 48.5 Å². The van der Waals surface area contributed by atoms with E-state index in [0.29, 0.717) is 48.1 Å². The molecule has 4 rings (SSSR count). The number of carbonyl (C=O) groups is 1. The summed E-state index contributed by atoms with van der Waals surface area (Å²) in [4.78, 5) is 12.5. The zero-order chi connectivity index (χ0) is 22.7. The molecule has 1 saturated heterocycles. The van der Waals surface area contributed by atoms with Crippen LogP contribution >= 0.6 is 0 Å². The highest BCUT2D eigenvalue weighted by atomic mass is 16.5. The number of aromatic nitrogens is 2. The number of nitrogens with one attached hydrogen (secondary N) is 1. The van der Waals surface area contributed by atoms with Crippen molar-refractivity contribution in [2.45, 2.75) is 25.2 Å². The van der Waals surface area contributed by atoms with E-state index in [-0.39, 0.29) is 11.9 Å². The van der Waals surface area contributed by atoms with Crippen molar-refractivity contribution >= 4 is 11.7 Å². The van der Waals surface area contributed by atoms with Crippen LogP contribution < -0.4 is 21.5 Å². The Hall–Kier alpha value is -3.40. The molecule has 1 amide bonds. The fourth-order valence-electron chi connectivity index (χ4n) is 3.85. The molecule has 9 nitrogen and oxygen atoms in total. The zero-order valence-corrected chi connectivity index (χ0v) is 17.8. The molecular weight excluding hydrogens is 410 g/mol. The minimum atomic E-state index is -1.25. The number of rotatable bonds is 7. The molecule has 0 radical (unpaired) electrons. The summed E-state index contributed by atoms with van der Waals surface area (Å²) in [7, 11) is 1.53. The van der Waals surface area contributed by atoms with Gasteiger partial charge in [-0.2, -0.15) is 5.10 Å². The van der Waals surface area contributed by atoms with E-state index in [4.69, 9.17) is 20.9 Å². The topological polar surface area (TPSA) is 138 Å². The molecule has 0 bridgehead atoms. The van der Waals surface area contributed by atoms with E-state index in [2.05, 4.69) is 10.4 Å². The molecule has 0 aliphatic carbocycles. The summed E-state index contributed by atoms with van der Waals surface area (Å²) in [6.45, 7) is 1.52. The maximum Gasteiger partial charge on any atom is 0.255 e. The van der Waals surface area contributed by atoms with Gasteiger partial charge < -0.3 is 31.4 Å². The molecule has 2 aromatic carbocycles. The number of hydrogen-bond donors (Lipinski definition) is 4. The second kappa shape index (κ2) is 9.39. The summed E-state index contributed by atoms with van der Waals surface area (Å²) in [5.41, 5.74) is 15.1. The first-order chi connectivity index (χ1) is 15.5. The highest BCUT2D eigenvalue weighted by Crippen LogP contribution is 2.34. The van der Waals surface area contributed by atoms with Gasteiger partial charge in [-0.05, 0) is 24.1 Å². The number of carbonyl (C=O) groups excluding carboxylic acids is 1. The number of benzene rings is 2. The smallest absolute Gasteiger partial charge is 0.255 e. The van der Waals surface area contributed by atoms with Gasteiger partial charge in [-0.15, -0.1) is 0 Å². The highest BCUT2D eigenvalue weighted by molar-refractivity contribution is 5.96. The average molecular weight is 438 g/mol. The van der Waals surface area contributed by atoms with E-state index in [1.807, 2.05) is 30.3 Å². The maximum absolute atomic E-state index is 12.5. The van der Waals surface area contributed by atoms with Crippen molar-refractivity contribution in [3.63, 3.8) is 0 Å². The second-order valence-corrected chi connectivity index (χ2v) is 7.63. The van der Waals surface area contributed by atoms with Gasteiger partial charge in [0.1, 0.15) is 23.5 Å². The van der Waals surface area contributed by atoms with Crippen molar-refractivity contribution in [3.8, 4) is 17.0 Å². The maximum atomic E-state index is 12.5. The number of nitrogens with two attached hydrogens (primary N) is 2. The van der Waals surface area contributed by atoms with E-state index >= 15 is 0 Å². The van der Waals surface area contributed by atoms with Crippen molar-refractivity contribution in [3.05, 3.63) is 65.2 Å². The van der Waals surface area contributed by atoms with Crippen LogP contribution in [0, 0.1) is 0 Å². The largest absolute Gasteiger partial charge is 0.496 e. The molecule has 2 heterocycles. The normalized spacial score (nSPS) is 16.7. The monoisotopic (exact) mass is 437 g/mol. The molecule has 0 saturated carbocycles. The number of anilines is 1. The average Bonchev–Trinajstić information content (AvgIpc) is 3.45. The standard InChI is InChI=1S/C23H27N5O4/c1-31-18-5-3-2-4-17(18)23(30)26-12-14-6-8-15(9-7-14)20-19(22(25)29)21(24)28(27-20)16-10-11-32-13-16/h2-9,16,22,29H,10-13,24-25H2,1H3,(H,26,30). The number of aliphatic hydroxyl groups is 1. The van der Waals surface area contributed by atoms with Gasteiger partial charge in [0.15, 0.2) is 0 Å².